The minimum absolute atomic E-state index is 0.132. The van der Waals surface area contributed by atoms with Gasteiger partial charge in [-0.05, 0) is 43.0 Å². The molecule has 1 saturated heterocycles. The molecule has 2 atom stereocenters. The van der Waals surface area contributed by atoms with Crippen molar-refractivity contribution in [2.45, 2.75) is 57.7 Å². The van der Waals surface area contributed by atoms with Crippen LogP contribution in [0, 0.1) is 0 Å². The lowest BCUT2D eigenvalue weighted by Gasteiger charge is -2.28. The molecule has 2 aromatic rings. The van der Waals surface area contributed by atoms with Crippen LogP contribution < -0.4 is 10.6 Å². The van der Waals surface area contributed by atoms with E-state index in [0.29, 0.717) is 18.5 Å². The number of carbonyl (C=O) groups is 4. The minimum atomic E-state index is -1.03. The van der Waals surface area contributed by atoms with Crippen molar-refractivity contribution >= 4 is 29.6 Å². The van der Waals surface area contributed by atoms with Crippen molar-refractivity contribution < 1.29 is 29.0 Å². The van der Waals surface area contributed by atoms with Crippen LogP contribution in [0.15, 0.2) is 54.6 Å². The van der Waals surface area contributed by atoms with E-state index in [4.69, 9.17) is 4.74 Å². The number of esters is 1. The van der Waals surface area contributed by atoms with Gasteiger partial charge in [-0.2, -0.15) is 0 Å². The molecule has 1 aliphatic rings. The summed E-state index contributed by atoms with van der Waals surface area (Å²) in [6.45, 7) is 1.85. The molecule has 1 heterocycles. The van der Waals surface area contributed by atoms with E-state index in [-0.39, 0.29) is 24.8 Å². The van der Waals surface area contributed by atoms with E-state index in [0.717, 1.165) is 24.8 Å². The Morgan fingerprint density at radius 1 is 1.06 bits per heavy atom. The zero-order valence-electron chi connectivity index (χ0n) is 19.7. The molecule has 0 bridgehead atoms. The molecule has 186 valence electrons. The highest BCUT2D eigenvalue weighted by Crippen LogP contribution is 2.28. The fourth-order valence-electron chi connectivity index (χ4n) is 4.18. The first-order chi connectivity index (χ1) is 16.9. The first kappa shape index (κ1) is 25.7. The number of anilines is 1. The van der Waals surface area contributed by atoms with Gasteiger partial charge in [-0.15, -0.1) is 0 Å². The van der Waals surface area contributed by atoms with E-state index in [1.807, 2.05) is 37.3 Å². The molecule has 0 unspecified atom stereocenters. The summed E-state index contributed by atoms with van der Waals surface area (Å²) >= 11 is 0. The molecule has 2 aromatic carbocycles. The van der Waals surface area contributed by atoms with Crippen molar-refractivity contribution in [3.63, 3.8) is 0 Å². The van der Waals surface area contributed by atoms with Crippen molar-refractivity contribution in [3.05, 3.63) is 65.7 Å². The summed E-state index contributed by atoms with van der Waals surface area (Å²) in [5, 5.41) is 14.6. The molecule has 0 saturated carbocycles. The first-order valence-electron chi connectivity index (χ1n) is 11.8. The molecule has 3 amide bonds. The topological polar surface area (TPSA) is 125 Å². The van der Waals surface area contributed by atoms with E-state index in [1.165, 1.54) is 11.0 Å². The molecular weight excluding hydrogens is 450 g/mol. The normalized spacial score (nSPS) is 17.0. The van der Waals surface area contributed by atoms with Crippen LogP contribution in [0.1, 0.15) is 54.9 Å². The Labute approximate surface area is 204 Å². The summed E-state index contributed by atoms with van der Waals surface area (Å²) in [5.74, 6) is -1.98. The number of carboxylic acids is 1. The summed E-state index contributed by atoms with van der Waals surface area (Å²) in [7, 11) is 0. The van der Waals surface area contributed by atoms with Gasteiger partial charge in [0.05, 0.1) is 12.1 Å². The molecule has 0 radical (unpaired) electrons. The van der Waals surface area contributed by atoms with Crippen molar-refractivity contribution in [1.29, 1.82) is 0 Å². The van der Waals surface area contributed by atoms with E-state index in [1.54, 1.807) is 18.2 Å². The molecule has 0 spiro atoms. The number of carbonyl (C=O) groups excluding carboxylic acids is 3. The minimum Gasteiger partial charge on any atom is -0.480 e. The van der Waals surface area contributed by atoms with Gasteiger partial charge in [-0.25, -0.2) is 14.4 Å². The van der Waals surface area contributed by atoms with E-state index in [2.05, 4.69) is 10.6 Å². The maximum absolute atomic E-state index is 12.8. The molecule has 1 aliphatic heterocycles. The second kappa shape index (κ2) is 12.5. The van der Waals surface area contributed by atoms with Crippen LogP contribution in [0.4, 0.5) is 10.5 Å². The van der Waals surface area contributed by atoms with Gasteiger partial charge in [0.15, 0.2) is 0 Å². The molecule has 9 heteroatoms. The summed E-state index contributed by atoms with van der Waals surface area (Å²) in [6.07, 6.45) is 3.65. The van der Waals surface area contributed by atoms with Crippen LogP contribution in [0.25, 0.3) is 0 Å². The van der Waals surface area contributed by atoms with Crippen LogP contribution in [-0.2, 0) is 20.9 Å². The van der Waals surface area contributed by atoms with Crippen LogP contribution >= 0.6 is 0 Å². The van der Waals surface area contributed by atoms with Crippen LogP contribution in [0.5, 0.6) is 0 Å². The lowest BCUT2D eigenvalue weighted by atomic mass is 10.1. The molecule has 0 aliphatic carbocycles. The number of urea groups is 1. The highest BCUT2D eigenvalue weighted by Gasteiger charge is 2.40. The van der Waals surface area contributed by atoms with Crippen LogP contribution in [0.2, 0.25) is 0 Å². The molecular formula is C26H31N3O6. The average Bonchev–Trinajstić information content (AvgIpc) is 3.30. The zero-order valence-corrected chi connectivity index (χ0v) is 19.7. The van der Waals surface area contributed by atoms with Crippen molar-refractivity contribution in [1.82, 2.24) is 10.2 Å². The summed E-state index contributed by atoms with van der Waals surface area (Å²) < 4.78 is 5.31. The SMILES string of the molecule is CCCC[C@H]1CC[C@@H](C(=O)O)N1C(=O)CNC(=O)Nc1cccc(C(=O)OCc2ccccc2)c1. The lowest BCUT2D eigenvalue weighted by Crippen LogP contribution is -2.49. The van der Waals surface area contributed by atoms with Gasteiger partial charge in [-0.1, -0.05) is 56.2 Å². The third-order valence-electron chi connectivity index (χ3n) is 5.94. The van der Waals surface area contributed by atoms with E-state index < -0.39 is 29.9 Å². The highest BCUT2D eigenvalue weighted by molar-refractivity contribution is 5.95. The quantitative estimate of drug-likeness (QED) is 0.443. The number of nitrogens with one attached hydrogen (secondary N) is 2. The fourth-order valence-corrected chi connectivity index (χ4v) is 4.18. The van der Waals surface area contributed by atoms with Gasteiger partial charge in [-0.3, -0.25) is 4.79 Å². The molecule has 0 aromatic heterocycles. The Balaban J connectivity index is 1.53. The third-order valence-corrected chi connectivity index (χ3v) is 5.94. The molecule has 3 rings (SSSR count). The number of benzene rings is 2. The number of carboxylic acid groups (broad SMARTS) is 1. The van der Waals surface area contributed by atoms with Crippen molar-refractivity contribution in [2.75, 3.05) is 11.9 Å². The lowest BCUT2D eigenvalue weighted by molar-refractivity contribution is -0.149. The fraction of sp³-hybridized carbons (Fsp3) is 0.385. The van der Waals surface area contributed by atoms with Gasteiger partial charge >= 0.3 is 18.0 Å². The van der Waals surface area contributed by atoms with Crippen LogP contribution in [0.3, 0.4) is 0 Å². The zero-order chi connectivity index (χ0) is 25.2. The Hall–Kier alpha value is -3.88. The predicted molar refractivity (Wildman–Crippen MR) is 130 cm³/mol. The monoisotopic (exact) mass is 481 g/mol. The Morgan fingerprint density at radius 3 is 2.54 bits per heavy atom. The summed E-state index contributed by atoms with van der Waals surface area (Å²) in [4.78, 5) is 50.5. The third kappa shape index (κ3) is 7.30. The number of aliphatic carboxylic acids is 1. The molecule has 35 heavy (non-hydrogen) atoms. The van der Waals surface area contributed by atoms with E-state index in [9.17, 15) is 24.3 Å². The second-order valence-electron chi connectivity index (χ2n) is 8.48. The first-order valence-corrected chi connectivity index (χ1v) is 11.8. The average molecular weight is 482 g/mol. The van der Waals surface area contributed by atoms with Gasteiger partial charge in [0, 0.05) is 11.7 Å². The van der Waals surface area contributed by atoms with Crippen molar-refractivity contribution in [3.8, 4) is 0 Å². The van der Waals surface area contributed by atoms with Gasteiger partial charge < -0.3 is 25.4 Å². The Morgan fingerprint density at radius 2 is 1.83 bits per heavy atom. The van der Waals surface area contributed by atoms with Gasteiger partial charge in [0.25, 0.3) is 0 Å². The van der Waals surface area contributed by atoms with E-state index >= 15 is 0 Å². The number of hydrogen-bond donors (Lipinski definition) is 3. The van der Waals surface area contributed by atoms with Crippen LogP contribution in [-0.4, -0.2) is 52.5 Å². The molecule has 1 fully saturated rings. The number of ether oxygens (including phenoxy) is 1. The van der Waals surface area contributed by atoms with Crippen molar-refractivity contribution in [2.24, 2.45) is 0 Å². The summed E-state index contributed by atoms with van der Waals surface area (Å²) in [6, 6.07) is 13.9. The maximum Gasteiger partial charge on any atom is 0.338 e. The number of amides is 3. The standard InChI is InChI=1S/C26H31N3O6/c1-2-3-12-21-13-14-22(24(31)32)29(21)23(30)16-27-26(34)28-20-11-7-10-19(15-20)25(33)35-17-18-8-5-4-6-9-18/h4-11,15,21-22H,2-3,12-14,16-17H2,1H3,(H,31,32)(H2,27,28,34)/t21-,22-/m0/s1. The smallest absolute Gasteiger partial charge is 0.338 e. The molecule has 3 N–H and O–H groups in total. The predicted octanol–water partition coefficient (Wildman–Crippen LogP) is 3.80. The molecule has 9 nitrogen and oxygen atoms in total. The second-order valence-corrected chi connectivity index (χ2v) is 8.48. The summed E-state index contributed by atoms with van der Waals surface area (Å²) in [5.41, 5.74) is 1.49. The number of likely N-dealkylation sites (tertiary alicyclic amines) is 1. The Bertz CT molecular complexity index is 1040. The number of unbranched alkanes of at least 4 members (excludes halogenated alkanes) is 1. The Kier molecular flexibility index (Phi) is 9.23. The number of nitrogens with zero attached hydrogens (tertiary/aromatic N) is 1. The van der Waals surface area contributed by atoms with Gasteiger partial charge in [0.2, 0.25) is 5.91 Å². The van der Waals surface area contributed by atoms with Gasteiger partial charge in [0.1, 0.15) is 12.6 Å². The largest absolute Gasteiger partial charge is 0.480 e. The highest BCUT2D eigenvalue weighted by atomic mass is 16.5. The number of hydrogen-bond acceptors (Lipinski definition) is 5. The number of rotatable bonds is 10. The maximum atomic E-state index is 12.8.